The van der Waals surface area contributed by atoms with Gasteiger partial charge < -0.3 is 15.8 Å². The van der Waals surface area contributed by atoms with E-state index in [0.717, 1.165) is 18.5 Å². The predicted molar refractivity (Wildman–Crippen MR) is 112 cm³/mol. The highest BCUT2D eigenvalue weighted by molar-refractivity contribution is 14.0. The summed E-state index contributed by atoms with van der Waals surface area (Å²) in [7, 11) is 1.51. The van der Waals surface area contributed by atoms with Crippen LogP contribution in [0.15, 0.2) is 41.4 Å². The highest BCUT2D eigenvalue weighted by Gasteiger charge is 2.12. The van der Waals surface area contributed by atoms with E-state index in [1.807, 2.05) is 6.07 Å². The summed E-state index contributed by atoms with van der Waals surface area (Å²) in [6.45, 7) is 0.189. The van der Waals surface area contributed by atoms with Gasteiger partial charge in [-0.1, -0.05) is 6.07 Å². The average Bonchev–Trinajstić information content (AvgIpc) is 3.07. The maximum atomic E-state index is 10.9. The van der Waals surface area contributed by atoms with Crippen molar-refractivity contribution in [3.8, 4) is 5.75 Å². The van der Waals surface area contributed by atoms with Gasteiger partial charge in [-0.15, -0.1) is 24.0 Å². The van der Waals surface area contributed by atoms with E-state index >= 15 is 0 Å². The number of nitrogens with zero attached hydrogens (tertiary/aromatic N) is 2. The fraction of sp³-hybridized carbons (Fsp3) is 0.278. The van der Waals surface area contributed by atoms with Gasteiger partial charge >= 0.3 is 0 Å². The average molecular weight is 468 g/mol. The van der Waals surface area contributed by atoms with Gasteiger partial charge in [-0.05, 0) is 48.6 Å². The van der Waals surface area contributed by atoms with Crippen molar-refractivity contribution < 1.29 is 9.66 Å². The van der Waals surface area contributed by atoms with E-state index in [9.17, 15) is 10.1 Å². The van der Waals surface area contributed by atoms with Gasteiger partial charge in [0.25, 0.3) is 5.69 Å². The van der Waals surface area contributed by atoms with Crippen molar-refractivity contribution in [3.05, 3.63) is 63.2 Å². The number of aryl methyl sites for hydroxylation is 2. The third kappa shape index (κ3) is 4.63. The maximum Gasteiger partial charge on any atom is 0.270 e. The molecule has 0 saturated heterocycles. The molecule has 138 valence electrons. The second kappa shape index (κ2) is 8.84. The number of nitrogens with one attached hydrogen (secondary N) is 1. The first-order chi connectivity index (χ1) is 12.1. The molecule has 2 aromatic carbocycles. The molecule has 0 fully saturated rings. The molecule has 0 atom stereocenters. The van der Waals surface area contributed by atoms with Gasteiger partial charge in [0, 0.05) is 23.4 Å². The molecule has 26 heavy (non-hydrogen) atoms. The molecule has 0 aliphatic heterocycles. The fourth-order valence-electron chi connectivity index (χ4n) is 3.01. The van der Waals surface area contributed by atoms with E-state index in [0.29, 0.717) is 11.3 Å². The van der Waals surface area contributed by atoms with Gasteiger partial charge in [-0.2, -0.15) is 0 Å². The molecular weight excluding hydrogens is 447 g/mol. The first-order valence-electron chi connectivity index (χ1n) is 8.07. The Balaban J connectivity index is 0.00000243. The number of aliphatic imine (C=N–C) groups is 1. The lowest BCUT2D eigenvalue weighted by Gasteiger charge is -2.09. The van der Waals surface area contributed by atoms with Crippen LogP contribution in [0, 0.1) is 10.1 Å². The van der Waals surface area contributed by atoms with Crippen LogP contribution < -0.4 is 15.8 Å². The summed E-state index contributed by atoms with van der Waals surface area (Å²) in [6.07, 6.45) is 3.41. The number of anilines is 1. The predicted octanol–water partition coefficient (Wildman–Crippen LogP) is 3.64. The number of nitrogens with two attached hydrogens (primary N) is 1. The number of guanidine groups is 1. The Morgan fingerprint density at radius 3 is 2.77 bits per heavy atom. The quantitative estimate of drug-likeness (QED) is 0.229. The summed E-state index contributed by atoms with van der Waals surface area (Å²) in [5, 5.41) is 14.0. The molecule has 0 saturated carbocycles. The second-order valence-corrected chi connectivity index (χ2v) is 5.92. The van der Waals surface area contributed by atoms with Crippen molar-refractivity contribution in [1.82, 2.24) is 0 Å². The monoisotopic (exact) mass is 468 g/mol. The zero-order valence-electron chi connectivity index (χ0n) is 14.4. The molecule has 3 N–H and O–H groups in total. The number of rotatable bonds is 5. The minimum absolute atomic E-state index is 0. The van der Waals surface area contributed by atoms with E-state index in [2.05, 4.69) is 22.4 Å². The first kappa shape index (κ1) is 20.0. The number of ether oxygens (including phenoxy) is 1. The van der Waals surface area contributed by atoms with Crippen LogP contribution in [0.1, 0.15) is 23.1 Å². The Bertz CT molecular complexity index is 839. The summed E-state index contributed by atoms with van der Waals surface area (Å²) in [5.41, 5.74) is 10.2. The van der Waals surface area contributed by atoms with Crippen molar-refractivity contribution >= 4 is 41.3 Å². The van der Waals surface area contributed by atoms with Crippen LogP contribution in [0.4, 0.5) is 11.4 Å². The molecule has 0 spiro atoms. The van der Waals surface area contributed by atoms with Crippen LogP contribution in [0.3, 0.4) is 0 Å². The lowest BCUT2D eigenvalue weighted by molar-refractivity contribution is -0.384. The summed E-state index contributed by atoms with van der Waals surface area (Å²) in [5.74, 6) is 0.797. The minimum atomic E-state index is -0.446. The Hall–Kier alpha value is -2.36. The van der Waals surface area contributed by atoms with E-state index in [-0.39, 0.29) is 42.2 Å². The first-order valence-corrected chi connectivity index (χ1v) is 8.07. The summed E-state index contributed by atoms with van der Waals surface area (Å²) < 4.78 is 5.23. The van der Waals surface area contributed by atoms with Crippen LogP contribution in [0.2, 0.25) is 0 Å². The van der Waals surface area contributed by atoms with Gasteiger partial charge in [0.15, 0.2) is 5.96 Å². The lowest BCUT2D eigenvalue weighted by Crippen LogP contribution is -2.22. The fourth-order valence-corrected chi connectivity index (χ4v) is 3.01. The summed E-state index contributed by atoms with van der Waals surface area (Å²) >= 11 is 0. The Morgan fingerprint density at radius 1 is 1.27 bits per heavy atom. The molecule has 0 amide bonds. The Morgan fingerprint density at radius 2 is 2.04 bits per heavy atom. The summed E-state index contributed by atoms with van der Waals surface area (Å²) in [6, 6.07) is 10.6. The SMILES string of the molecule is COc1ccc([N+](=O)[O-])cc1CN=C(N)Nc1ccc2c(c1)CCC2.I. The Labute approximate surface area is 168 Å². The zero-order valence-corrected chi connectivity index (χ0v) is 16.7. The highest BCUT2D eigenvalue weighted by Crippen LogP contribution is 2.26. The van der Waals surface area contributed by atoms with Crippen molar-refractivity contribution in [2.75, 3.05) is 12.4 Å². The minimum Gasteiger partial charge on any atom is -0.496 e. The number of benzene rings is 2. The van der Waals surface area contributed by atoms with E-state index in [4.69, 9.17) is 10.5 Å². The van der Waals surface area contributed by atoms with Gasteiger partial charge in [0.1, 0.15) is 5.75 Å². The van der Waals surface area contributed by atoms with Gasteiger partial charge in [0.2, 0.25) is 0 Å². The number of nitro groups is 1. The normalized spacial score (nSPS) is 12.9. The largest absolute Gasteiger partial charge is 0.496 e. The van der Waals surface area contributed by atoms with Crippen LogP contribution >= 0.6 is 24.0 Å². The van der Waals surface area contributed by atoms with Gasteiger partial charge in [-0.3, -0.25) is 10.1 Å². The second-order valence-electron chi connectivity index (χ2n) is 5.92. The molecular formula is C18H21IN4O3. The number of hydrogen-bond donors (Lipinski definition) is 2. The molecule has 2 aromatic rings. The highest BCUT2D eigenvalue weighted by atomic mass is 127. The topological polar surface area (TPSA) is 103 Å². The lowest BCUT2D eigenvalue weighted by atomic mass is 10.1. The maximum absolute atomic E-state index is 10.9. The smallest absolute Gasteiger partial charge is 0.270 e. The van der Waals surface area contributed by atoms with Gasteiger partial charge in [-0.25, -0.2) is 4.99 Å². The molecule has 8 heteroatoms. The molecule has 0 aromatic heterocycles. The molecule has 1 aliphatic rings. The number of methoxy groups -OCH3 is 1. The molecule has 7 nitrogen and oxygen atoms in total. The number of halogens is 1. The van der Waals surface area contributed by atoms with Crippen molar-refractivity contribution in [1.29, 1.82) is 0 Å². The number of non-ortho nitro benzene ring substituents is 1. The van der Waals surface area contributed by atoms with Gasteiger partial charge in [0.05, 0.1) is 18.6 Å². The van der Waals surface area contributed by atoms with Crippen LogP contribution in [0.25, 0.3) is 0 Å². The summed E-state index contributed by atoms with van der Waals surface area (Å²) in [4.78, 5) is 14.7. The number of hydrogen-bond acceptors (Lipinski definition) is 4. The molecule has 3 rings (SSSR count). The van der Waals surface area contributed by atoms with Crippen LogP contribution in [0.5, 0.6) is 5.75 Å². The molecule has 1 aliphatic carbocycles. The Kier molecular flexibility index (Phi) is 6.78. The van der Waals surface area contributed by atoms with E-state index in [1.165, 1.54) is 36.8 Å². The van der Waals surface area contributed by atoms with Crippen LogP contribution in [-0.2, 0) is 19.4 Å². The third-order valence-electron chi connectivity index (χ3n) is 4.27. The third-order valence-corrected chi connectivity index (χ3v) is 4.27. The number of fused-ring (bicyclic) bond motifs is 1. The van der Waals surface area contributed by atoms with E-state index < -0.39 is 4.92 Å². The van der Waals surface area contributed by atoms with Crippen molar-refractivity contribution in [2.45, 2.75) is 25.8 Å². The molecule has 0 bridgehead atoms. The number of nitro benzene ring substituents is 1. The molecule has 0 unspecified atom stereocenters. The zero-order chi connectivity index (χ0) is 17.8. The van der Waals surface area contributed by atoms with E-state index in [1.54, 1.807) is 6.07 Å². The van der Waals surface area contributed by atoms with Crippen molar-refractivity contribution in [3.63, 3.8) is 0 Å². The van der Waals surface area contributed by atoms with Crippen molar-refractivity contribution in [2.24, 2.45) is 10.7 Å². The van der Waals surface area contributed by atoms with Crippen LogP contribution in [-0.4, -0.2) is 18.0 Å². The standard InChI is InChI=1S/C18H20N4O3.HI/c1-25-17-8-7-16(22(23)24)10-14(17)11-20-18(19)21-15-6-5-12-3-2-4-13(12)9-15;/h5-10H,2-4,11H2,1H3,(H3,19,20,21);1H. The molecule has 0 radical (unpaired) electrons. The molecule has 0 heterocycles.